The molecule has 160 valence electrons. The first kappa shape index (κ1) is 19.5. The normalized spacial score (nSPS) is 17.6. The summed E-state index contributed by atoms with van der Waals surface area (Å²) in [5.41, 5.74) is 11.9. The summed E-state index contributed by atoms with van der Waals surface area (Å²) in [5, 5.41) is 5.54. The second kappa shape index (κ2) is 7.37. The average molecular weight is 419 g/mol. The second-order valence-electron chi connectivity index (χ2n) is 8.41. The number of nitrogen functional groups attached to an aromatic ring is 1. The molecule has 3 aromatic rings. The van der Waals surface area contributed by atoms with Gasteiger partial charge >= 0.3 is 0 Å². The number of amides is 1. The Morgan fingerprint density at radius 2 is 2.00 bits per heavy atom. The number of carbonyl (C=O) groups is 1. The van der Waals surface area contributed by atoms with Crippen molar-refractivity contribution < 1.29 is 9.21 Å². The van der Waals surface area contributed by atoms with Gasteiger partial charge in [0.25, 0.3) is 0 Å². The number of likely N-dealkylation sites (tertiary alicyclic amines) is 1. The molecule has 8 heteroatoms. The van der Waals surface area contributed by atoms with Crippen LogP contribution in [0.1, 0.15) is 45.4 Å². The maximum atomic E-state index is 11.6. The standard InChI is InChI=1S/C23H26N6O2/c1-13-9-25-14(2)21(13)20-8-18-19(11-26-23(24)22(18)31-20)16-10-27-29(12-16)17-4-6-28(7-5-17)15(3)30/h8,10-12,17H,4-7,9H2,1-3H3,(H2,24,26). The van der Waals surface area contributed by atoms with E-state index in [1.807, 2.05) is 28.8 Å². The molecule has 2 N–H and O–H groups in total. The Hall–Kier alpha value is -3.42. The number of piperidine rings is 1. The smallest absolute Gasteiger partial charge is 0.219 e. The van der Waals surface area contributed by atoms with Crippen LogP contribution in [0.5, 0.6) is 0 Å². The number of anilines is 1. The van der Waals surface area contributed by atoms with Gasteiger partial charge in [-0.25, -0.2) is 4.98 Å². The summed E-state index contributed by atoms with van der Waals surface area (Å²) >= 11 is 0. The highest BCUT2D eigenvalue weighted by atomic mass is 16.3. The minimum Gasteiger partial charge on any atom is -0.452 e. The van der Waals surface area contributed by atoms with Gasteiger partial charge in [0.2, 0.25) is 5.91 Å². The summed E-state index contributed by atoms with van der Waals surface area (Å²) in [7, 11) is 0. The first-order valence-corrected chi connectivity index (χ1v) is 10.6. The number of nitrogens with zero attached hydrogens (tertiary/aromatic N) is 5. The van der Waals surface area contributed by atoms with Crippen LogP contribution in [-0.4, -0.2) is 50.9 Å². The summed E-state index contributed by atoms with van der Waals surface area (Å²) < 4.78 is 8.16. The monoisotopic (exact) mass is 418 g/mol. The summed E-state index contributed by atoms with van der Waals surface area (Å²) in [4.78, 5) is 22.4. The highest BCUT2D eigenvalue weighted by molar-refractivity contribution is 6.25. The quantitative estimate of drug-likeness (QED) is 0.699. The van der Waals surface area contributed by atoms with Crippen LogP contribution in [-0.2, 0) is 4.79 Å². The van der Waals surface area contributed by atoms with Crippen molar-refractivity contribution in [3.05, 3.63) is 36.0 Å². The van der Waals surface area contributed by atoms with Gasteiger partial charge in [-0.1, -0.05) is 0 Å². The van der Waals surface area contributed by atoms with E-state index in [-0.39, 0.29) is 11.9 Å². The van der Waals surface area contributed by atoms with Crippen molar-refractivity contribution in [2.45, 2.75) is 39.7 Å². The third-order valence-electron chi connectivity index (χ3n) is 6.37. The molecule has 2 aliphatic rings. The molecular weight excluding hydrogens is 392 g/mol. The zero-order valence-electron chi connectivity index (χ0n) is 18.1. The van der Waals surface area contributed by atoms with E-state index in [4.69, 9.17) is 10.2 Å². The van der Waals surface area contributed by atoms with Gasteiger partial charge in [-0.3, -0.25) is 14.5 Å². The minimum atomic E-state index is 0.138. The van der Waals surface area contributed by atoms with Crippen LogP contribution < -0.4 is 5.73 Å². The van der Waals surface area contributed by atoms with Crippen molar-refractivity contribution in [1.29, 1.82) is 0 Å². The number of hydrogen-bond donors (Lipinski definition) is 1. The Labute approximate surface area is 180 Å². The number of carbonyl (C=O) groups excluding carboxylic acids is 1. The highest BCUT2D eigenvalue weighted by Crippen LogP contribution is 2.37. The summed E-state index contributed by atoms with van der Waals surface area (Å²) in [6, 6.07) is 2.32. The fourth-order valence-electron chi connectivity index (χ4n) is 4.61. The lowest BCUT2D eigenvalue weighted by Crippen LogP contribution is -2.37. The molecule has 0 saturated carbocycles. The third kappa shape index (κ3) is 3.32. The molecule has 1 amide bonds. The van der Waals surface area contributed by atoms with Crippen LogP contribution in [0, 0.1) is 0 Å². The van der Waals surface area contributed by atoms with Crippen molar-refractivity contribution in [3.8, 4) is 11.1 Å². The van der Waals surface area contributed by atoms with Gasteiger partial charge in [0.15, 0.2) is 11.4 Å². The number of rotatable bonds is 3. The van der Waals surface area contributed by atoms with E-state index in [1.54, 1.807) is 13.1 Å². The Balaban J connectivity index is 1.49. The predicted octanol–water partition coefficient (Wildman–Crippen LogP) is 3.70. The van der Waals surface area contributed by atoms with E-state index in [0.29, 0.717) is 17.9 Å². The van der Waals surface area contributed by atoms with Gasteiger partial charge in [0.1, 0.15) is 5.76 Å². The maximum Gasteiger partial charge on any atom is 0.219 e. The summed E-state index contributed by atoms with van der Waals surface area (Å²) in [6.45, 7) is 7.94. The predicted molar refractivity (Wildman–Crippen MR) is 121 cm³/mol. The van der Waals surface area contributed by atoms with E-state index in [0.717, 1.165) is 59.5 Å². The molecule has 0 unspecified atom stereocenters. The topological polar surface area (TPSA) is 103 Å². The molecule has 3 aromatic heterocycles. The van der Waals surface area contributed by atoms with E-state index in [9.17, 15) is 4.79 Å². The number of furan rings is 1. The Kier molecular flexibility index (Phi) is 4.64. The summed E-state index contributed by atoms with van der Waals surface area (Å²) in [6.07, 6.45) is 7.51. The lowest BCUT2D eigenvalue weighted by Gasteiger charge is -2.31. The van der Waals surface area contributed by atoms with Crippen molar-refractivity contribution in [1.82, 2.24) is 19.7 Å². The third-order valence-corrected chi connectivity index (χ3v) is 6.37. The number of aromatic nitrogens is 3. The highest BCUT2D eigenvalue weighted by Gasteiger charge is 2.24. The van der Waals surface area contributed by atoms with Crippen LogP contribution in [0.25, 0.3) is 27.7 Å². The minimum absolute atomic E-state index is 0.138. The summed E-state index contributed by atoms with van der Waals surface area (Å²) in [5.74, 6) is 1.29. The first-order chi connectivity index (χ1) is 14.9. The van der Waals surface area contributed by atoms with Crippen molar-refractivity contribution in [2.75, 3.05) is 25.4 Å². The number of hydrogen-bond acceptors (Lipinski definition) is 6. The lowest BCUT2D eigenvalue weighted by molar-refractivity contribution is -0.130. The van der Waals surface area contributed by atoms with Crippen LogP contribution in [0.15, 0.2) is 39.6 Å². The Bertz CT molecular complexity index is 1240. The van der Waals surface area contributed by atoms with Gasteiger partial charge in [-0.2, -0.15) is 5.10 Å². The molecule has 5 heterocycles. The lowest BCUT2D eigenvalue weighted by atomic mass is 10.0. The van der Waals surface area contributed by atoms with E-state index in [1.165, 1.54) is 5.57 Å². The number of aliphatic imine (C=N–C) groups is 1. The molecule has 2 aliphatic heterocycles. The van der Waals surface area contributed by atoms with Gasteiger partial charge in [-0.15, -0.1) is 0 Å². The van der Waals surface area contributed by atoms with Gasteiger partial charge < -0.3 is 15.1 Å². The van der Waals surface area contributed by atoms with Crippen LogP contribution in [0.3, 0.4) is 0 Å². The largest absolute Gasteiger partial charge is 0.452 e. The molecule has 0 radical (unpaired) electrons. The molecule has 31 heavy (non-hydrogen) atoms. The number of fused-ring (bicyclic) bond motifs is 1. The van der Waals surface area contributed by atoms with E-state index in [2.05, 4.69) is 28.2 Å². The molecular formula is C23H26N6O2. The molecule has 1 fully saturated rings. The zero-order chi connectivity index (χ0) is 21.7. The number of pyridine rings is 1. The molecule has 0 aliphatic carbocycles. The molecule has 1 saturated heterocycles. The number of nitrogens with two attached hydrogens (primary N) is 1. The molecule has 0 atom stereocenters. The van der Waals surface area contributed by atoms with Crippen LogP contribution >= 0.6 is 0 Å². The van der Waals surface area contributed by atoms with Crippen molar-refractivity contribution >= 4 is 34.0 Å². The van der Waals surface area contributed by atoms with E-state index >= 15 is 0 Å². The molecule has 5 rings (SSSR count). The second-order valence-corrected chi connectivity index (χ2v) is 8.41. The average Bonchev–Trinajstić information content (AvgIpc) is 3.48. The van der Waals surface area contributed by atoms with Crippen molar-refractivity contribution in [2.24, 2.45) is 4.99 Å². The fraction of sp³-hybridized carbons (Fsp3) is 0.391. The van der Waals surface area contributed by atoms with E-state index < -0.39 is 0 Å². The van der Waals surface area contributed by atoms with Crippen molar-refractivity contribution in [3.63, 3.8) is 0 Å². The zero-order valence-corrected chi connectivity index (χ0v) is 18.1. The maximum absolute atomic E-state index is 11.6. The molecule has 0 aromatic carbocycles. The Morgan fingerprint density at radius 1 is 1.23 bits per heavy atom. The molecule has 0 bridgehead atoms. The molecule has 0 spiro atoms. The van der Waals surface area contributed by atoms with Gasteiger partial charge in [0.05, 0.1) is 18.8 Å². The Morgan fingerprint density at radius 3 is 2.68 bits per heavy atom. The SMILES string of the molecule is CC(=O)N1CCC(n2cc(-c3cnc(N)c4oc(C5=C(C)CN=C5C)cc34)cn2)CC1. The van der Waals surface area contributed by atoms with Crippen LogP contribution in [0.2, 0.25) is 0 Å². The molecule has 8 nitrogen and oxygen atoms in total. The first-order valence-electron chi connectivity index (χ1n) is 10.6. The fourth-order valence-corrected chi connectivity index (χ4v) is 4.61. The van der Waals surface area contributed by atoms with Gasteiger partial charge in [-0.05, 0) is 38.3 Å². The van der Waals surface area contributed by atoms with Crippen LogP contribution in [0.4, 0.5) is 5.82 Å². The van der Waals surface area contributed by atoms with Gasteiger partial charge in [0, 0.05) is 60.2 Å². The number of allylic oxidation sites excluding steroid dienone is 1.